The van der Waals surface area contributed by atoms with Crippen molar-refractivity contribution in [3.8, 4) is 0 Å². The summed E-state index contributed by atoms with van der Waals surface area (Å²) in [5.41, 5.74) is 3.68. The topological polar surface area (TPSA) is 69.7 Å². The monoisotopic (exact) mass is 393 g/mol. The molecule has 2 aliphatic rings. The van der Waals surface area contributed by atoms with Gasteiger partial charge in [-0.1, -0.05) is 6.07 Å². The molecular weight excluding hydrogens is 362 g/mol. The van der Waals surface area contributed by atoms with E-state index in [4.69, 9.17) is 0 Å². The zero-order valence-electron chi connectivity index (χ0n) is 16.8. The van der Waals surface area contributed by atoms with E-state index in [2.05, 4.69) is 10.2 Å². The van der Waals surface area contributed by atoms with E-state index in [0.29, 0.717) is 31.1 Å². The molecule has 1 unspecified atom stereocenters. The number of carbonyl (C=O) groups is 1. The van der Waals surface area contributed by atoms with Crippen molar-refractivity contribution in [1.29, 1.82) is 0 Å². The van der Waals surface area contributed by atoms with E-state index in [1.807, 2.05) is 33.8 Å². The van der Waals surface area contributed by atoms with Crippen LogP contribution in [0.3, 0.4) is 0 Å². The van der Waals surface area contributed by atoms with Crippen molar-refractivity contribution in [3.63, 3.8) is 0 Å². The van der Waals surface area contributed by atoms with E-state index in [1.165, 1.54) is 0 Å². The highest BCUT2D eigenvalue weighted by Crippen LogP contribution is 2.29. The Kier molecular flexibility index (Phi) is 5.93. The summed E-state index contributed by atoms with van der Waals surface area (Å²) in [7, 11) is -3.54. The third-order valence-corrected chi connectivity index (χ3v) is 8.29. The molecule has 150 valence electrons. The van der Waals surface area contributed by atoms with Gasteiger partial charge in [-0.3, -0.25) is 9.69 Å². The van der Waals surface area contributed by atoms with Crippen molar-refractivity contribution in [3.05, 3.63) is 28.3 Å². The fraction of sp³-hybridized carbons (Fsp3) is 0.650. The van der Waals surface area contributed by atoms with E-state index >= 15 is 0 Å². The summed E-state index contributed by atoms with van der Waals surface area (Å²) in [5.74, 6) is 0.0878. The minimum atomic E-state index is -3.54. The van der Waals surface area contributed by atoms with E-state index in [-0.39, 0.29) is 11.9 Å². The van der Waals surface area contributed by atoms with Gasteiger partial charge in [-0.2, -0.15) is 4.31 Å². The largest absolute Gasteiger partial charge is 0.355 e. The van der Waals surface area contributed by atoms with Crippen molar-refractivity contribution in [2.24, 2.45) is 0 Å². The molecule has 2 heterocycles. The number of carbonyl (C=O) groups excluding carboxylic acids is 1. The number of amides is 1. The van der Waals surface area contributed by atoms with Crippen LogP contribution < -0.4 is 5.32 Å². The molecule has 6 nitrogen and oxygen atoms in total. The summed E-state index contributed by atoms with van der Waals surface area (Å²) in [6.07, 6.45) is 2.90. The molecule has 1 atom stereocenters. The number of piperazine rings is 1. The van der Waals surface area contributed by atoms with Crippen LogP contribution in [0, 0.1) is 27.7 Å². The molecule has 0 aliphatic carbocycles. The Hall–Kier alpha value is -1.44. The molecule has 1 aromatic rings. The maximum Gasteiger partial charge on any atom is 0.243 e. The van der Waals surface area contributed by atoms with Gasteiger partial charge in [-0.15, -0.1) is 0 Å². The predicted octanol–water partition coefficient (Wildman–Crippen LogP) is 1.90. The molecule has 2 saturated heterocycles. The molecule has 1 aromatic carbocycles. The molecule has 27 heavy (non-hydrogen) atoms. The van der Waals surface area contributed by atoms with Crippen LogP contribution >= 0.6 is 0 Å². The molecule has 0 bridgehead atoms. The molecule has 0 aromatic heterocycles. The van der Waals surface area contributed by atoms with Crippen LogP contribution in [-0.4, -0.2) is 62.3 Å². The SMILES string of the molecule is Cc1cc(C)c(C)c(S(=O)(=O)N2CCN(C3CCCCNC3=O)CC2)c1C. The van der Waals surface area contributed by atoms with Crippen molar-refractivity contribution in [1.82, 2.24) is 14.5 Å². The fourth-order valence-electron chi connectivity index (χ4n) is 4.22. The highest BCUT2D eigenvalue weighted by molar-refractivity contribution is 7.89. The Labute approximate surface area is 163 Å². The lowest BCUT2D eigenvalue weighted by Gasteiger charge is -2.38. The van der Waals surface area contributed by atoms with Crippen LogP contribution in [0.25, 0.3) is 0 Å². The van der Waals surface area contributed by atoms with E-state index in [0.717, 1.165) is 48.1 Å². The first kappa shape index (κ1) is 20.3. The number of benzene rings is 1. The Balaban J connectivity index is 1.79. The van der Waals surface area contributed by atoms with Gasteiger partial charge in [0, 0.05) is 32.7 Å². The van der Waals surface area contributed by atoms with Crippen molar-refractivity contribution < 1.29 is 13.2 Å². The number of sulfonamides is 1. The second kappa shape index (κ2) is 7.89. The molecule has 1 amide bonds. The molecular formula is C20H31N3O3S. The second-order valence-electron chi connectivity index (χ2n) is 7.83. The lowest BCUT2D eigenvalue weighted by molar-refractivity contribution is -0.126. The lowest BCUT2D eigenvalue weighted by Crippen LogP contribution is -2.55. The second-order valence-corrected chi connectivity index (χ2v) is 9.71. The van der Waals surface area contributed by atoms with E-state index in [1.54, 1.807) is 4.31 Å². The summed E-state index contributed by atoms with van der Waals surface area (Å²) in [5, 5.41) is 2.97. The van der Waals surface area contributed by atoms with Gasteiger partial charge in [0.05, 0.1) is 10.9 Å². The van der Waals surface area contributed by atoms with Crippen LogP contribution in [-0.2, 0) is 14.8 Å². The first-order chi connectivity index (χ1) is 12.7. The third kappa shape index (κ3) is 3.91. The fourth-order valence-corrected chi connectivity index (χ4v) is 6.22. The molecule has 0 saturated carbocycles. The lowest BCUT2D eigenvalue weighted by atomic mass is 10.0. The molecule has 2 fully saturated rings. The Morgan fingerprint density at radius 3 is 2.15 bits per heavy atom. The average Bonchev–Trinajstić information content (AvgIpc) is 2.84. The molecule has 0 radical (unpaired) electrons. The van der Waals surface area contributed by atoms with Gasteiger partial charge in [-0.05, 0) is 69.2 Å². The number of hydrogen-bond acceptors (Lipinski definition) is 4. The smallest absolute Gasteiger partial charge is 0.243 e. The first-order valence-electron chi connectivity index (χ1n) is 9.83. The van der Waals surface area contributed by atoms with Crippen LogP contribution in [0.1, 0.15) is 41.5 Å². The van der Waals surface area contributed by atoms with Gasteiger partial charge in [0.1, 0.15) is 0 Å². The quantitative estimate of drug-likeness (QED) is 0.852. The summed E-state index contributed by atoms with van der Waals surface area (Å²) in [6, 6.07) is 1.92. The van der Waals surface area contributed by atoms with Crippen molar-refractivity contribution in [2.45, 2.75) is 57.9 Å². The molecule has 3 rings (SSSR count). The highest BCUT2D eigenvalue weighted by atomic mass is 32.2. The zero-order valence-corrected chi connectivity index (χ0v) is 17.7. The average molecular weight is 394 g/mol. The van der Waals surface area contributed by atoms with Gasteiger partial charge in [0.15, 0.2) is 0 Å². The van der Waals surface area contributed by atoms with Crippen molar-refractivity contribution >= 4 is 15.9 Å². The Morgan fingerprint density at radius 1 is 0.963 bits per heavy atom. The first-order valence-corrected chi connectivity index (χ1v) is 11.3. The third-order valence-electron chi connectivity index (χ3n) is 6.12. The van der Waals surface area contributed by atoms with Gasteiger partial charge in [0.25, 0.3) is 0 Å². The van der Waals surface area contributed by atoms with Gasteiger partial charge in [0.2, 0.25) is 15.9 Å². The summed E-state index contributed by atoms with van der Waals surface area (Å²) in [6.45, 7) is 10.5. The van der Waals surface area contributed by atoms with Gasteiger partial charge in [-0.25, -0.2) is 8.42 Å². The maximum absolute atomic E-state index is 13.4. The highest BCUT2D eigenvalue weighted by Gasteiger charge is 2.35. The standard InChI is InChI=1S/C20H31N3O3S/c1-14-13-15(2)17(4)19(16(14)3)27(25,26)23-11-9-22(10-12-23)18-7-5-6-8-21-20(18)24/h13,18H,5-12H2,1-4H3,(H,21,24). The van der Waals surface area contributed by atoms with Crippen LogP contribution in [0.2, 0.25) is 0 Å². The zero-order chi connectivity index (χ0) is 19.8. The molecule has 1 N–H and O–H groups in total. The van der Waals surface area contributed by atoms with Crippen LogP contribution in [0.4, 0.5) is 0 Å². The van der Waals surface area contributed by atoms with Crippen LogP contribution in [0.5, 0.6) is 0 Å². The predicted molar refractivity (Wildman–Crippen MR) is 106 cm³/mol. The maximum atomic E-state index is 13.4. The number of nitrogens with zero attached hydrogens (tertiary/aromatic N) is 2. The normalized spacial score (nSPS) is 23.1. The number of hydrogen-bond donors (Lipinski definition) is 1. The van der Waals surface area contributed by atoms with Crippen LogP contribution in [0.15, 0.2) is 11.0 Å². The minimum Gasteiger partial charge on any atom is -0.355 e. The summed E-state index contributed by atoms with van der Waals surface area (Å²) in [4.78, 5) is 14.9. The van der Waals surface area contributed by atoms with Gasteiger partial charge >= 0.3 is 0 Å². The minimum absolute atomic E-state index is 0.0878. The number of nitrogens with one attached hydrogen (secondary N) is 1. The molecule has 0 spiro atoms. The van der Waals surface area contributed by atoms with E-state index < -0.39 is 10.0 Å². The number of aryl methyl sites for hydroxylation is 2. The van der Waals surface area contributed by atoms with Crippen molar-refractivity contribution in [2.75, 3.05) is 32.7 Å². The summed E-state index contributed by atoms with van der Waals surface area (Å²) >= 11 is 0. The number of rotatable bonds is 3. The Morgan fingerprint density at radius 2 is 1.56 bits per heavy atom. The molecule has 7 heteroatoms. The summed E-state index contributed by atoms with van der Waals surface area (Å²) < 4.78 is 28.3. The van der Waals surface area contributed by atoms with E-state index in [9.17, 15) is 13.2 Å². The molecule has 2 aliphatic heterocycles. The Bertz CT molecular complexity index is 801. The van der Waals surface area contributed by atoms with Gasteiger partial charge < -0.3 is 5.32 Å².